The van der Waals surface area contributed by atoms with E-state index in [0.717, 1.165) is 22.5 Å². The second kappa shape index (κ2) is 4.64. The molecule has 19 heavy (non-hydrogen) atoms. The fourth-order valence-electron chi connectivity index (χ4n) is 1.99. The van der Waals surface area contributed by atoms with Crippen LogP contribution in [0.3, 0.4) is 0 Å². The second-order valence-electron chi connectivity index (χ2n) is 4.35. The number of aryl methyl sites for hydroxylation is 1. The van der Waals surface area contributed by atoms with Crippen LogP contribution >= 0.6 is 0 Å². The Balaban J connectivity index is 1.93. The van der Waals surface area contributed by atoms with Crippen LogP contribution < -0.4 is 5.32 Å². The van der Waals surface area contributed by atoms with Crippen LogP contribution in [-0.2, 0) is 7.05 Å². The molecule has 0 aliphatic carbocycles. The Kier molecular flexibility index (Phi) is 2.83. The van der Waals surface area contributed by atoms with Crippen molar-refractivity contribution in [2.75, 3.05) is 5.32 Å². The lowest BCUT2D eigenvalue weighted by molar-refractivity contribution is 0.785. The average Bonchev–Trinajstić information content (AvgIpc) is 2.83. The highest BCUT2D eigenvalue weighted by molar-refractivity contribution is 5.86. The van der Waals surface area contributed by atoms with Gasteiger partial charge in [-0.05, 0) is 19.1 Å². The molecule has 0 radical (unpaired) electrons. The van der Waals surface area contributed by atoms with Crippen LogP contribution in [-0.4, -0.2) is 24.7 Å². The number of fused-ring (bicyclic) bond motifs is 1. The Morgan fingerprint density at radius 3 is 2.89 bits per heavy atom. The molecule has 1 unspecified atom stereocenters. The quantitative estimate of drug-likeness (QED) is 0.773. The molecule has 0 fully saturated rings. The summed E-state index contributed by atoms with van der Waals surface area (Å²) in [7, 11) is 1.86. The van der Waals surface area contributed by atoms with E-state index in [9.17, 15) is 0 Å². The lowest BCUT2D eigenvalue weighted by Gasteiger charge is -2.14. The largest absolute Gasteiger partial charge is 0.361 e. The van der Waals surface area contributed by atoms with Gasteiger partial charge in [-0.15, -0.1) is 0 Å². The SMILES string of the molecule is CC(Nc1ncnc2c1cnn2C)c1ccccn1. The molecule has 0 aliphatic heterocycles. The average molecular weight is 254 g/mol. The molecule has 0 spiro atoms. The zero-order valence-electron chi connectivity index (χ0n) is 10.8. The van der Waals surface area contributed by atoms with Crippen molar-refractivity contribution in [3.05, 3.63) is 42.6 Å². The van der Waals surface area contributed by atoms with Gasteiger partial charge in [-0.2, -0.15) is 5.10 Å². The zero-order valence-corrected chi connectivity index (χ0v) is 10.8. The molecule has 3 aromatic heterocycles. The summed E-state index contributed by atoms with van der Waals surface area (Å²) in [6.07, 6.45) is 5.09. The first-order valence-electron chi connectivity index (χ1n) is 6.06. The van der Waals surface area contributed by atoms with Crippen molar-refractivity contribution in [1.29, 1.82) is 0 Å². The predicted octanol–water partition coefficient (Wildman–Crippen LogP) is 1.93. The van der Waals surface area contributed by atoms with Crippen LogP contribution in [0, 0.1) is 0 Å². The summed E-state index contributed by atoms with van der Waals surface area (Å²) in [5.41, 5.74) is 1.78. The smallest absolute Gasteiger partial charge is 0.163 e. The van der Waals surface area contributed by atoms with Gasteiger partial charge >= 0.3 is 0 Å². The third-order valence-electron chi connectivity index (χ3n) is 3.01. The number of rotatable bonds is 3. The first kappa shape index (κ1) is 11.6. The van der Waals surface area contributed by atoms with Gasteiger partial charge in [0.15, 0.2) is 5.65 Å². The summed E-state index contributed by atoms with van der Waals surface area (Å²) >= 11 is 0. The monoisotopic (exact) mass is 254 g/mol. The predicted molar refractivity (Wildman–Crippen MR) is 72.6 cm³/mol. The fourth-order valence-corrected chi connectivity index (χ4v) is 1.99. The lowest BCUT2D eigenvalue weighted by atomic mass is 10.2. The molecule has 0 aromatic carbocycles. The summed E-state index contributed by atoms with van der Waals surface area (Å²) in [6, 6.07) is 5.93. The molecule has 3 heterocycles. The van der Waals surface area contributed by atoms with Gasteiger partial charge in [0.1, 0.15) is 12.1 Å². The van der Waals surface area contributed by atoms with E-state index in [2.05, 4.69) is 25.4 Å². The van der Waals surface area contributed by atoms with E-state index in [-0.39, 0.29) is 6.04 Å². The van der Waals surface area contributed by atoms with E-state index >= 15 is 0 Å². The van der Waals surface area contributed by atoms with E-state index in [1.54, 1.807) is 17.1 Å². The maximum Gasteiger partial charge on any atom is 0.163 e. The topological polar surface area (TPSA) is 68.5 Å². The molecule has 96 valence electrons. The van der Waals surface area contributed by atoms with Gasteiger partial charge in [0.25, 0.3) is 0 Å². The fraction of sp³-hybridized carbons (Fsp3) is 0.231. The summed E-state index contributed by atoms with van der Waals surface area (Å²) in [4.78, 5) is 12.8. The number of aromatic nitrogens is 5. The highest BCUT2D eigenvalue weighted by atomic mass is 15.3. The molecule has 1 N–H and O–H groups in total. The van der Waals surface area contributed by atoms with Gasteiger partial charge in [0.2, 0.25) is 0 Å². The Bertz CT molecular complexity index is 691. The van der Waals surface area contributed by atoms with Gasteiger partial charge in [-0.25, -0.2) is 9.97 Å². The molecule has 3 aromatic rings. The Morgan fingerprint density at radius 2 is 2.11 bits per heavy atom. The molecular formula is C13H14N6. The first-order valence-corrected chi connectivity index (χ1v) is 6.06. The summed E-state index contributed by atoms with van der Waals surface area (Å²) < 4.78 is 1.73. The van der Waals surface area contributed by atoms with Crippen LogP contribution in [0.1, 0.15) is 18.7 Å². The van der Waals surface area contributed by atoms with Crippen molar-refractivity contribution in [3.8, 4) is 0 Å². The third-order valence-corrected chi connectivity index (χ3v) is 3.01. The molecule has 6 nitrogen and oxygen atoms in total. The van der Waals surface area contributed by atoms with Crippen LogP contribution in [0.2, 0.25) is 0 Å². The van der Waals surface area contributed by atoms with Gasteiger partial charge in [0.05, 0.1) is 23.3 Å². The minimum Gasteiger partial charge on any atom is -0.361 e. The van der Waals surface area contributed by atoms with Crippen molar-refractivity contribution in [2.45, 2.75) is 13.0 Å². The van der Waals surface area contributed by atoms with Crippen LogP contribution in [0.4, 0.5) is 5.82 Å². The summed E-state index contributed by atoms with van der Waals surface area (Å²) in [5.74, 6) is 0.774. The number of hydrogen-bond donors (Lipinski definition) is 1. The van der Waals surface area contributed by atoms with Gasteiger partial charge in [-0.3, -0.25) is 9.67 Å². The van der Waals surface area contributed by atoms with Crippen LogP contribution in [0.5, 0.6) is 0 Å². The third kappa shape index (κ3) is 2.12. The van der Waals surface area contributed by atoms with Crippen molar-refractivity contribution < 1.29 is 0 Å². The molecule has 0 aliphatic rings. The number of hydrogen-bond acceptors (Lipinski definition) is 5. The Labute approximate surface area is 110 Å². The molecule has 1 atom stereocenters. The molecule has 0 amide bonds. The number of nitrogens with zero attached hydrogens (tertiary/aromatic N) is 5. The molecule has 0 saturated heterocycles. The molecule has 0 bridgehead atoms. The Morgan fingerprint density at radius 1 is 1.21 bits per heavy atom. The highest BCUT2D eigenvalue weighted by Gasteiger charge is 2.11. The van der Waals surface area contributed by atoms with E-state index in [4.69, 9.17) is 0 Å². The van der Waals surface area contributed by atoms with E-state index in [1.807, 2.05) is 32.2 Å². The first-order chi connectivity index (χ1) is 9.25. The van der Waals surface area contributed by atoms with Crippen LogP contribution in [0.25, 0.3) is 11.0 Å². The minimum absolute atomic E-state index is 0.0690. The van der Waals surface area contributed by atoms with E-state index in [0.29, 0.717) is 0 Å². The maximum absolute atomic E-state index is 4.33. The summed E-state index contributed by atoms with van der Waals surface area (Å²) in [6.45, 7) is 2.05. The number of nitrogens with one attached hydrogen (secondary N) is 1. The van der Waals surface area contributed by atoms with Gasteiger partial charge in [0, 0.05) is 13.2 Å². The molecular weight excluding hydrogens is 240 g/mol. The maximum atomic E-state index is 4.33. The van der Waals surface area contributed by atoms with Crippen molar-refractivity contribution in [3.63, 3.8) is 0 Å². The van der Waals surface area contributed by atoms with Crippen molar-refractivity contribution in [2.24, 2.45) is 7.05 Å². The van der Waals surface area contributed by atoms with Gasteiger partial charge < -0.3 is 5.32 Å². The normalized spacial score (nSPS) is 12.5. The van der Waals surface area contributed by atoms with E-state index in [1.165, 1.54) is 6.33 Å². The Hall–Kier alpha value is -2.50. The van der Waals surface area contributed by atoms with Gasteiger partial charge in [-0.1, -0.05) is 6.07 Å². The lowest BCUT2D eigenvalue weighted by Crippen LogP contribution is -2.09. The van der Waals surface area contributed by atoms with Crippen molar-refractivity contribution in [1.82, 2.24) is 24.7 Å². The van der Waals surface area contributed by atoms with E-state index < -0.39 is 0 Å². The number of pyridine rings is 1. The molecule has 6 heteroatoms. The summed E-state index contributed by atoms with van der Waals surface area (Å²) in [5, 5.41) is 8.45. The van der Waals surface area contributed by atoms with Crippen LogP contribution in [0.15, 0.2) is 36.9 Å². The standard InChI is InChI=1S/C13H14N6/c1-9(11-5-3-4-6-14-11)18-12-10-7-17-19(2)13(10)16-8-15-12/h3-9H,1-2H3,(H,15,16,18). The minimum atomic E-state index is 0.0690. The molecule has 0 saturated carbocycles. The van der Waals surface area contributed by atoms with Crippen molar-refractivity contribution >= 4 is 16.9 Å². The highest BCUT2D eigenvalue weighted by Crippen LogP contribution is 2.22. The number of anilines is 1. The zero-order chi connectivity index (χ0) is 13.2. The second-order valence-corrected chi connectivity index (χ2v) is 4.35. The molecule has 3 rings (SSSR count).